The van der Waals surface area contributed by atoms with Crippen molar-refractivity contribution in [2.24, 2.45) is 0 Å². The monoisotopic (exact) mass is 776 g/mol. The Kier molecular flexibility index (Phi) is 7.29. The standard InChI is InChI=1S/C56H38F2N2/c1-56(2,3)39-26-37-28-42-40-24-22-35(33-14-6-4-7-15-33)30-48(40)59(46-20-12-10-18-44(46)57)50-32-51-54-43(29-38(27-39)52(37)55(54)53(42)50)41-25-23-36(34-16-8-5-9-17-34)31-49(41)60(51)47-21-13-11-19-45(47)58/h4-32H,1-3H3. The molecule has 0 spiro atoms. The van der Waals surface area contributed by atoms with E-state index >= 15 is 8.78 Å². The second-order valence-corrected chi connectivity index (χ2v) is 17.2. The summed E-state index contributed by atoms with van der Waals surface area (Å²) in [6.07, 6.45) is 0. The van der Waals surface area contributed by atoms with Crippen LogP contribution in [-0.4, -0.2) is 9.13 Å². The lowest BCUT2D eigenvalue weighted by Gasteiger charge is -2.27. The predicted molar refractivity (Wildman–Crippen MR) is 248 cm³/mol. The maximum atomic E-state index is 16.6. The van der Waals surface area contributed by atoms with Crippen molar-refractivity contribution in [2.45, 2.75) is 26.2 Å². The Morgan fingerprint density at radius 1 is 0.350 bits per heavy atom. The minimum absolute atomic E-state index is 0.108. The number of aromatic nitrogens is 2. The molecule has 0 unspecified atom stereocenters. The third kappa shape index (κ3) is 4.97. The quantitative estimate of drug-likeness (QED) is 0.124. The summed E-state index contributed by atoms with van der Waals surface area (Å²) in [4.78, 5) is 0. The maximum absolute atomic E-state index is 16.6. The van der Waals surface area contributed by atoms with Crippen LogP contribution in [0.2, 0.25) is 0 Å². The molecule has 0 saturated carbocycles. The molecule has 0 saturated heterocycles. The molecule has 0 aliphatic rings. The van der Waals surface area contributed by atoms with E-state index in [9.17, 15) is 0 Å². The van der Waals surface area contributed by atoms with Gasteiger partial charge in [0.1, 0.15) is 11.6 Å². The van der Waals surface area contributed by atoms with E-state index in [1.54, 1.807) is 12.1 Å². The van der Waals surface area contributed by atoms with E-state index in [2.05, 4.69) is 121 Å². The van der Waals surface area contributed by atoms with Crippen LogP contribution in [0.3, 0.4) is 0 Å². The first kappa shape index (κ1) is 34.7. The van der Waals surface area contributed by atoms with Crippen molar-refractivity contribution in [1.82, 2.24) is 9.13 Å². The highest BCUT2D eigenvalue weighted by atomic mass is 19.1. The fraction of sp³-hybridized carbons (Fsp3) is 0.0714. The lowest BCUT2D eigenvalue weighted by Crippen LogP contribution is -2.11. The van der Waals surface area contributed by atoms with Gasteiger partial charge in [-0.15, -0.1) is 0 Å². The predicted octanol–water partition coefficient (Wildman–Crippen LogP) is 15.7. The maximum Gasteiger partial charge on any atom is 0.147 e. The smallest absolute Gasteiger partial charge is 0.147 e. The highest BCUT2D eigenvalue weighted by Crippen LogP contribution is 2.50. The highest BCUT2D eigenvalue weighted by Gasteiger charge is 2.27. The Hall–Kier alpha value is -7.30. The molecule has 0 radical (unpaired) electrons. The summed E-state index contributed by atoms with van der Waals surface area (Å²) in [5, 5.41) is 10.9. The van der Waals surface area contributed by atoms with Crippen LogP contribution in [0.15, 0.2) is 176 Å². The number of pyridine rings is 2. The van der Waals surface area contributed by atoms with Gasteiger partial charge < -0.3 is 9.13 Å². The minimum Gasteiger partial charge on any atom is -0.306 e. The third-order valence-corrected chi connectivity index (χ3v) is 12.7. The Morgan fingerprint density at radius 3 is 1.22 bits per heavy atom. The summed E-state index contributed by atoms with van der Waals surface area (Å²) in [5.74, 6) is -0.647. The number of rotatable bonds is 4. The van der Waals surface area contributed by atoms with Crippen molar-refractivity contribution in [3.63, 3.8) is 0 Å². The van der Waals surface area contributed by atoms with E-state index in [-0.39, 0.29) is 17.0 Å². The first-order valence-electron chi connectivity index (χ1n) is 20.6. The summed E-state index contributed by atoms with van der Waals surface area (Å²) < 4.78 is 37.3. The lowest BCUT2D eigenvalue weighted by molar-refractivity contribution is 0.591. The number of para-hydroxylation sites is 2. The van der Waals surface area contributed by atoms with Gasteiger partial charge in [-0.05, 0) is 115 Å². The third-order valence-electron chi connectivity index (χ3n) is 12.7. The Morgan fingerprint density at radius 2 is 0.783 bits per heavy atom. The van der Waals surface area contributed by atoms with Crippen molar-refractivity contribution in [3.05, 3.63) is 193 Å². The fourth-order valence-corrected chi connectivity index (χ4v) is 9.87. The summed E-state index contributed by atoms with van der Waals surface area (Å²) in [7, 11) is 0. The molecule has 12 rings (SSSR count). The van der Waals surface area contributed by atoms with Gasteiger partial charge in [-0.2, -0.15) is 0 Å². The second-order valence-electron chi connectivity index (χ2n) is 17.2. The van der Waals surface area contributed by atoms with Crippen molar-refractivity contribution in [2.75, 3.05) is 0 Å². The molecular formula is C56H38F2N2. The topological polar surface area (TPSA) is 9.86 Å². The normalized spacial score (nSPS) is 12.4. The average Bonchev–Trinajstić information content (AvgIpc) is 3.27. The Labute approximate surface area is 345 Å². The van der Waals surface area contributed by atoms with E-state index in [0.29, 0.717) is 11.4 Å². The first-order valence-corrected chi connectivity index (χ1v) is 20.6. The van der Waals surface area contributed by atoms with Gasteiger partial charge in [0.2, 0.25) is 0 Å². The number of halogens is 2. The van der Waals surface area contributed by atoms with E-state index in [0.717, 1.165) is 98.2 Å². The van der Waals surface area contributed by atoms with Gasteiger partial charge in [-0.25, -0.2) is 8.78 Å². The zero-order chi connectivity index (χ0) is 40.4. The van der Waals surface area contributed by atoms with Gasteiger partial charge in [0.25, 0.3) is 0 Å². The van der Waals surface area contributed by atoms with Crippen LogP contribution in [0.1, 0.15) is 26.3 Å². The second kappa shape index (κ2) is 12.6. The fourth-order valence-electron chi connectivity index (χ4n) is 9.87. The zero-order valence-corrected chi connectivity index (χ0v) is 33.4. The van der Waals surface area contributed by atoms with Gasteiger partial charge >= 0.3 is 0 Å². The molecule has 2 nitrogen and oxygen atoms in total. The molecule has 10 aromatic carbocycles. The summed E-state index contributed by atoms with van der Waals surface area (Å²) in [5.41, 5.74) is 9.73. The summed E-state index contributed by atoms with van der Waals surface area (Å²) >= 11 is 0. The van der Waals surface area contributed by atoms with Crippen LogP contribution in [0.4, 0.5) is 8.78 Å². The molecule has 0 fully saturated rings. The molecule has 4 heteroatoms. The molecule has 0 amide bonds. The molecule has 0 atom stereocenters. The summed E-state index contributed by atoms with van der Waals surface area (Å²) in [6, 6.07) is 59.5. The van der Waals surface area contributed by atoms with Crippen LogP contribution in [0.5, 0.6) is 0 Å². The van der Waals surface area contributed by atoms with Gasteiger partial charge in [0.15, 0.2) is 0 Å². The van der Waals surface area contributed by atoms with Crippen LogP contribution in [0.25, 0.3) is 110 Å². The number of hydrogen-bond donors (Lipinski definition) is 0. The molecule has 0 aliphatic heterocycles. The van der Waals surface area contributed by atoms with Crippen molar-refractivity contribution >= 4 is 75.9 Å². The van der Waals surface area contributed by atoms with Crippen LogP contribution >= 0.6 is 0 Å². The van der Waals surface area contributed by atoms with E-state index in [1.807, 2.05) is 60.7 Å². The van der Waals surface area contributed by atoms with Crippen LogP contribution in [-0.2, 0) is 5.41 Å². The van der Waals surface area contributed by atoms with Crippen molar-refractivity contribution in [3.8, 4) is 33.6 Å². The van der Waals surface area contributed by atoms with Gasteiger partial charge in [0, 0.05) is 26.9 Å². The summed E-state index contributed by atoms with van der Waals surface area (Å²) in [6.45, 7) is 6.80. The molecule has 286 valence electrons. The Bertz CT molecular complexity index is 3470. The van der Waals surface area contributed by atoms with E-state index in [4.69, 9.17) is 0 Å². The van der Waals surface area contributed by atoms with Crippen LogP contribution in [0, 0.1) is 11.6 Å². The first-order chi connectivity index (χ1) is 29.2. The molecular weight excluding hydrogens is 739 g/mol. The van der Waals surface area contributed by atoms with Crippen LogP contribution < -0.4 is 0 Å². The lowest BCUT2D eigenvalue weighted by atomic mass is 9.81. The molecule has 2 heterocycles. The Balaban J connectivity index is 1.39. The number of nitrogens with zero attached hydrogens (tertiary/aromatic N) is 2. The van der Waals surface area contributed by atoms with E-state index < -0.39 is 0 Å². The van der Waals surface area contributed by atoms with Gasteiger partial charge in [0.05, 0.1) is 33.4 Å². The molecule has 2 aromatic heterocycles. The average molecular weight is 777 g/mol. The SMILES string of the molecule is CC(C)(C)c1cc2cc3c4ccc(-c5ccccc5)cc4n(-c4ccccc4F)c4cc5c6c(cc(c1)c2c6c34)c1ccc(-c2ccccc2)cc1n5-c1ccccc1F. The molecule has 60 heavy (non-hydrogen) atoms. The number of fused-ring (bicyclic) bond motifs is 4. The van der Waals surface area contributed by atoms with Crippen molar-refractivity contribution < 1.29 is 8.78 Å². The van der Waals surface area contributed by atoms with Gasteiger partial charge in [-0.3, -0.25) is 0 Å². The molecule has 12 aromatic rings. The largest absolute Gasteiger partial charge is 0.306 e. The minimum atomic E-state index is -0.323. The molecule has 0 bridgehead atoms. The van der Waals surface area contributed by atoms with E-state index in [1.165, 1.54) is 17.7 Å². The molecule has 0 aliphatic carbocycles. The van der Waals surface area contributed by atoms with Gasteiger partial charge in [-0.1, -0.05) is 142 Å². The zero-order valence-electron chi connectivity index (χ0n) is 33.4. The number of hydrogen-bond acceptors (Lipinski definition) is 0. The van der Waals surface area contributed by atoms with Crippen molar-refractivity contribution in [1.29, 1.82) is 0 Å². The highest BCUT2D eigenvalue weighted by molar-refractivity contribution is 6.41. The number of benzene rings is 10. The molecule has 0 N–H and O–H groups in total.